The zero-order chi connectivity index (χ0) is 11.5. The lowest BCUT2D eigenvalue weighted by molar-refractivity contribution is -0.125. The lowest BCUT2D eigenvalue weighted by atomic mass is 9.85. The van der Waals surface area contributed by atoms with Crippen LogP contribution in [0.4, 0.5) is 0 Å². The van der Waals surface area contributed by atoms with Crippen LogP contribution in [0.5, 0.6) is 0 Å². The quantitative estimate of drug-likeness (QED) is 0.717. The third-order valence-electron chi connectivity index (χ3n) is 4.58. The van der Waals surface area contributed by atoms with Gasteiger partial charge in [-0.1, -0.05) is 20.3 Å². The van der Waals surface area contributed by atoms with Gasteiger partial charge in [-0.2, -0.15) is 0 Å². The fourth-order valence-electron chi connectivity index (χ4n) is 3.07. The molecule has 1 heterocycles. The Morgan fingerprint density at radius 2 is 2.00 bits per heavy atom. The Balaban J connectivity index is 1.82. The molecular weight excluding hydrogens is 198 g/mol. The lowest BCUT2D eigenvalue weighted by Gasteiger charge is -2.37. The Morgan fingerprint density at radius 1 is 1.19 bits per heavy atom. The number of hydrogen-bond acceptors (Lipinski definition) is 2. The van der Waals surface area contributed by atoms with Crippen LogP contribution in [0.25, 0.3) is 0 Å². The van der Waals surface area contributed by atoms with Crippen molar-refractivity contribution in [3.05, 3.63) is 0 Å². The van der Waals surface area contributed by atoms with E-state index in [4.69, 9.17) is 0 Å². The summed E-state index contributed by atoms with van der Waals surface area (Å²) in [6, 6.07) is 0. The van der Waals surface area contributed by atoms with Gasteiger partial charge in [-0.15, -0.1) is 0 Å². The van der Waals surface area contributed by atoms with Crippen LogP contribution in [0, 0.1) is 17.8 Å². The first kappa shape index (κ1) is 12.1. The van der Waals surface area contributed by atoms with Gasteiger partial charge in [0, 0.05) is 25.4 Å². The monoisotopic (exact) mass is 223 g/mol. The molecule has 3 unspecified atom stereocenters. The fourth-order valence-corrected chi connectivity index (χ4v) is 3.07. The van der Waals surface area contributed by atoms with Gasteiger partial charge in [0.15, 0.2) is 0 Å². The number of nitrogens with zero attached hydrogens (tertiary/aromatic N) is 1. The van der Waals surface area contributed by atoms with E-state index in [0.29, 0.717) is 11.7 Å². The van der Waals surface area contributed by atoms with Crippen molar-refractivity contribution in [1.82, 2.24) is 4.90 Å². The van der Waals surface area contributed by atoms with Crippen LogP contribution < -0.4 is 0 Å². The van der Waals surface area contributed by atoms with Crippen LogP contribution in [0.15, 0.2) is 0 Å². The molecule has 1 aliphatic carbocycles. The van der Waals surface area contributed by atoms with Gasteiger partial charge in [0.25, 0.3) is 0 Å². The van der Waals surface area contributed by atoms with E-state index < -0.39 is 0 Å². The Hall–Kier alpha value is -0.370. The molecule has 1 aliphatic heterocycles. The molecule has 2 aliphatic rings. The summed E-state index contributed by atoms with van der Waals surface area (Å²) in [7, 11) is 0. The smallest absolute Gasteiger partial charge is 0.137 e. The number of Topliss-reactive ketones (excluding diaryl/α,β-unsaturated/α-hetero) is 1. The number of carbonyl (C=O) groups is 1. The van der Waals surface area contributed by atoms with Gasteiger partial charge in [0.2, 0.25) is 0 Å². The van der Waals surface area contributed by atoms with Gasteiger partial charge in [-0.05, 0) is 37.6 Å². The molecule has 1 saturated heterocycles. The van der Waals surface area contributed by atoms with E-state index >= 15 is 0 Å². The zero-order valence-electron chi connectivity index (χ0n) is 10.7. The summed E-state index contributed by atoms with van der Waals surface area (Å²) in [6.45, 7) is 8.14. The molecule has 0 spiro atoms. The molecule has 0 radical (unpaired) electrons. The summed E-state index contributed by atoms with van der Waals surface area (Å²) >= 11 is 0. The molecule has 0 aromatic heterocycles. The number of rotatable bonds is 2. The predicted molar refractivity (Wildman–Crippen MR) is 66.4 cm³/mol. The van der Waals surface area contributed by atoms with Gasteiger partial charge in [0.05, 0.1) is 0 Å². The second kappa shape index (κ2) is 5.31. The molecule has 0 amide bonds. The molecule has 0 aromatic rings. The highest BCUT2D eigenvalue weighted by Gasteiger charge is 2.28. The van der Waals surface area contributed by atoms with Crippen LogP contribution >= 0.6 is 0 Å². The SMILES string of the molecule is CC1CCN(CC2CCCCC2=O)CC1C. The minimum Gasteiger partial charge on any atom is -0.302 e. The molecule has 2 fully saturated rings. The van der Waals surface area contributed by atoms with Gasteiger partial charge < -0.3 is 4.90 Å². The highest BCUT2D eigenvalue weighted by Crippen LogP contribution is 2.26. The average molecular weight is 223 g/mol. The Labute approximate surface area is 99.4 Å². The maximum Gasteiger partial charge on any atom is 0.137 e. The van der Waals surface area contributed by atoms with Crippen molar-refractivity contribution >= 4 is 5.78 Å². The van der Waals surface area contributed by atoms with Crippen LogP contribution in [0.1, 0.15) is 46.0 Å². The van der Waals surface area contributed by atoms with Crippen LogP contribution in [-0.2, 0) is 4.79 Å². The van der Waals surface area contributed by atoms with E-state index in [-0.39, 0.29) is 0 Å². The van der Waals surface area contributed by atoms with Gasteiger partial charge >= 0.3 is 0 Å². The average Bonchev–Trinajstić information content (AvgIpc) is 2.27. The molecule has 0 N–H and O–H groups in total. The first-order valence-corrected chi connectivity index (χ1v) is 6.92. The molecule has 16 heavy (non-hydrogen) atoms. The van der Waals surface area contributed by atoms with Crippen molar-refractivity contribution in [2.24, 2.45) is 17.8 Å². The van der Waals surface area contributed by atoms with E-state index in [1.165, 1.54) is 25.9 Å². The second-order valence-corrected chi connectivity index (χ2v) is 5.91. The fraction of sp³-hybridized carbons (Fsp3) is 0.929. The maximum absolute atomic E-state index is 11.8. The minimum absolute atomic E-state index is 0.356. The molecule has 0 bridgehead atoms. The van der Waals surface area contributed by atoms with Crippen molar-refractivity contribution in [3.8, 4) is 0 Å². The van der Waals surface area contributed by atoms with Crippen LogP contribution in [0.3, 0.4) is 0 Å². The number of piperidine rings is 1. The standard InChI is InChI=1S/C14H25NO/c1-11-7-8-15(9-12(11)2)10-13-5-3-4-6-14(13)16/h11-13H,3-10H2,1-2H3. The van der Waals surface area contributed by atoms with Crippen molar-refractivity contribution in [2.45, 2.75) is 46.0 Å². The third-order valence-corrected chi connectivity index (χ3v) is 4.58. The molecule has 3 atom stereocenters. The number of ketones is 1. The summed E-state index contributed by atoms with van der Waals surface area (Å²) in [5.41, 5.74) is 0. The van der Waals surface area contributed by atoms with Crippen molar-refractivity contribution < 1.29 is 4.79 Å². The third kappa shape index (κ3) is 2.85. The highest BCUT2D eigenvalue weighted by atomic mass is 16.1. The van der Waals surface area contributed by atoms with E-state index in [2.05, 4.69) is 18.7 Å². The predicted octanol–water partition coefficient (Wildman–Crippen LogP) is 2.72. The molecule has 2 heteroatoms. The number of hydrogen-bond donors (Lipinski definition) is 0. The normalized spacial score (nSPS) is 37.6. The molecule has 1 saturated carbocycles. The van der Waals surface area contributed by atoms with E-state index in [0.717, 1.165) is 37.6 Å². The number of carbonyl (C=O) groups excluding carboxylic acids is 1. The lowest BCUT2D eigenvalue weighted by Crippen LogP contribution is -2.42. The van der Waals surface area contributed by atoms with E-state index in [9.17, 15) is 4.79 Å². The van der Waals surface area contributed by atoms with Gasteiger partial charge in [-0.25, -0.2) is 0 Å². The number of likely N-dealkylation sites (tertiary alicyclic amines) is 1. The first-order valence-electron chi connectivity index (χ1n) is 6.92. The summed E-state index contributed by atoms with van der Waals surface area (Å²) < 4.78 is 0. The summed E-state index contributed by atoms with van der Waals surface area (Å²) in [4.78, 5) is 14.3. The molecule has 2 rings (SSSR count). The first-order chi connectivity index (χ1) is 7.66. The van der Waals surface area contributed by atoms with Crippen molar-refractivity contribution in [2.75, 3.05) is 19.6 Å². The Morgan fingerprint density at radius 3 is 2.69 bits per heavy atom. The zero-order valence-corrected chi connectivity index (χ0v) is 10.7. The van der Waals surface area contributed by atoms with E-state index in [1.807, 2.05) is 0 Å². The van der Waals surface area contributed by atoms with Crippen LogP contribution in [-0.4, -0.2) is 30.3 Å². The second-order valence-electron chi connectivity index (χ2n) is 5.91. The summed E-state index contributed by atoms with van der Waals surface area (Å²) in [6.07, 6.45) is 5.67. The minimum atomic E-state index is 0.356. The highest BCUT2D eigenvalue weighted by molar-refractivity contribution is 5.81. The van der Waals surface area contributed by atoms with E-state index in [1.54, 1.807) is 0 Å². The summed E-state index contributed by atoms with van der Waals surface area (Å²) in [5, 5.41) is 0. The maximum atomic E-state index is 11.8. The van der Waals surface area contributed by atoms with Crippen LogP contribution in [0.2, 0.25) is 0 Å². The van der Waals surface area contributed by atoms with Crippen molar-refractivity contribution in [1.29, 1.82) is 0 Å². The van der Waals surface area contributed by atoms with Gasteiger partial charge in [-0.3, -0.25) is 4.79 Å². The van der Waals surface area contributed by atoms with Crippen molar-refractivity contribution in [3.63, 3.8) is 0 Å². The molecule has 92 valence electrons. The topological polar surface area (TPSA) is 20.3 Å². The summed E-state index contributed by atoms with van der Waals surface area (Å²) in [5.74, 6) is 2.54. The Kier molecular flexibility index (Phi) is 4.01. The Bertz CT molecular complexity index is 251. The van der Waals surface area contributed by atoms with Gasteiger partial charge in [0.1, 0.15) is 5.78 Å². The molecule has 0 aromatic carbocycles. The largest absolute Gasteiger partial charge is 0.302 e. The molecule has 2 nitrogen and oxygen atoms in total. The molecular formula is C14H25NO.